The summed E-state index contributed by atoms with van der Waals surface area (Å²) in [6.45, 7) is 10.2. The molecule has 7 heteroatoms. The Hall–Kier alpha value is -1.99. The molecule has 3 aromatic rings. The number of ether oxygens (including phenoxy) is 1. The molecule has 1 fully saturated rings. The Morgan fingerprint density at radius 2 is 1.91 bits per heavy atom. The monoisotopic (exact) mass is 314 g/mol. The summed E-state index contributed by atoms with van der Waals surface area (Å²) in [6, 6.07) is 0. The average Bonchev–Trinajstić information content (AvgIpc) is 3.14. The van der Waals surface area contributed by atoms with E-state index in [2.05, 4.69) is 38.4 Å². The Morgan fingerprint density at radius 1 is 1.09 bits per heavy atom. The van der Waals surface area contributed by atoms with Crippen molar-refractivity contribution < 1.29 is 4.74 Å². The summed E-state index contributed by atoms with van der Waals surface area (Å²) in [4.78, 5) is 11.5. The Bertz CT molecular complexity index is 830. The van der Waals surface area contributed by atoms with Crippen LogP contribution in [0.1, 0.15) is 17.7 Å². The van der Waals surface area contributed by atoms with Crippen molar-refractivity contribution in [3.05, 3.63) is 23.9 Å². The summed E-state index contributed by atoms with van der Waals surface area (Å²) in [5.41, 5.74) is 4.42. The van der Waals surface area contributed by atoms with Gasteiger partial charge in [-0.2, -0.15) is 5.10 Å². The molecule has 1 aliphatic heterocycles. The van der Waals surface area contributed by atoms with E-state index in [1.807, 2.05) is 0 Å². The van der Waals surface area contributed by atoms with Gasteiger partial charge in [0.1, 0.15) is 18.3 Å². The molecule has 0 amide bonds. The van der Waals surface area contributed by atoms with E-state index >= 15 is 0 Å². The fourth-order valence-electron chi connectivity index (χ4n) is 3.42. The third-order valence-electron chi connectivity index (χ3n) is 4.85. The van der Waals surface area contributed by atoms with Crippen LogP contribution in [0, 0.1) is 13.8 Å². The van der Waals surface area contributed by atoms with Crippen LogP contribution in [0.4, 0.5) is 0 Å². The van der Waals surface area contributed by atoms with Crippen LogP contribution in [0.2, 0.25) is 0 Å². The topological polar surface area (TPSA) is 60.5 Å². The van der Waals surface area contributed by atoms with Crippen molar-refractivity contribution in [2.75, 3.05) is 32.8 Å². The Morgan fingerprint density at radius 3 is 2.74 bits per heavy atom. The molecule has 0 radical (unpaired) electrons. The van der Waals surface area contributed by atoms with Crippen molar-refractivity contribution >= 4 is 16.7 Å². The van der Waals surface area contributed by atoms with E-state index in [9.17, 15) is 0 Å². The number of aryl methyl sites for hydroxylation is 2. The summed E-state index contributed by atoms with van der Waals surface area (Å²) in [5.74, 6) is 0. The zero-order valence-corrected chi connectivity index (χ0v) is 13.7. The summed E-state index contributed by atoms with van der Waals surface area (Å²) in [5, 5.41) is 5.31. The molecular weight excluding hydrogens is 292 g/mol. The van der Waals surface area contributed by atoms with Crippen LogP contribution < -0.4 is 0 Å². The van der Waals surface area contributed by atoms with Crippen molar-refractivity contribution in [2.45, 2.75) is 26.8 Å². The van der Waals surface area contributed by atoms with Gasteiger partial charge in [-0.25, -0.2) is 14.5 Å². The number of fused-ring (bicyclic) bond motifs is 3. The van der Waals surface area contributed by atoms with Gasteiger partial charge in [0.15, 0.2) is 5.65 Å². The molecule has 0 N–H and O–H groups in total. The van der Waals surface area contributed by atoms with Gasteiger partial charge in [-0.3, -0.25) is 4.90 Å². The predicted octanol–water partition coefficient (Wildman–Crippen LogP) is 1.42. The molecule has 0 unspecified atom stereocenters. The minimum absolute atomic E-state index is 0.858. The first-order chi connectivity index (χ1) is 11.3. The third kappa shape index (κ3) is 2.49. The van der Waals surface area contributed by atoms with Gasteiger partial charge in [-0.15, -0.1) is 0 Å². The van der Waals surface area contributed by atoms with Crippen molar-refractivity contribution in [2.24, 2.45) is 0 Å². The Balaban J connectivity index is 1.60. The molecule has 0 atom stereocenters. The molecule has 1 saturated heterocycles. The van der Waals surface area contributed by atoms with Crippen molar-refractivity contribution in [1.29, 1.82) is 0 Å². The molecule has 0 spiro atoms. The molecule has 3 aromatic heterocycles. The van der Waals surface area contributed by atoms with Gasteiger partial charge < -0.3 is 9.30 Å². The number of nitrogens with zero attached hydrogens (tertiary/aromatic N) is 6. The third-order valence-corrected chi connectivity index (χ3v) is 4.85. The maximum Gasteiger partial charge on any atom is 0.168 e. The van der Waals surface area contributed by atoms with Gasteiger partial charge in [0.05, 0.1) is 18.6 Å². The Labute approximate surface area is 134 Å². The standard InChI is InChI=1S/C16H22N6O/c1-12-13(2)21(5-3-4-20-6-8-23-9-7-20)15-14(12)16-17-10-19-22(16)11-18-15/h10-11H,3-9H2,1-2H3. The van der Waals surface area contributed by atoms with Gasteiger partial charge in [0, 0.05) is 31.9 Å². The smallest absolute Gasteiger partial charge is 0.168 e. The van der Waals surface area contributed by atoms with E-state index in [4.69, 9.17) is 4.74 Å². The van der Waals surface area contributed by atoms with Gasteiger partial charge in [0.25, 0.3) is 0 Å². The summed E-state index contributed by atoms with van der Waals surface area (Å²) in [7, 11) is 0. The lowest BCUT2D eigenvalue weighted by atomic mass is 10.2. The first-order valence-corrected chi connectivity index (χ1v) is 8.19. The van der Waals surface area contributed by atoms with E-state index in [0.717, 1.165) is 62.5 Å². The second-order valence-electron chi connectivity index (χ2n) is 6.14. The van der Waals surface area contributed by atoms with Gasteiger partial charge in [-0.05, 0) is 25.8 Å². The molecule has 4 rings (SSSR count). The molecule has 1 aliphatic rings. The van der Waals surface area contributed by atoms with Gasteiger partial charge >= 0.3 is 0 Å². The highest BCUT2D eigenvalue weighted by atomic mass is 16.5. The van der Waals surface area contributed by atoms with E-state index in [1.165, 1.54) is 11.3 Å². The van der Waals surface area contributed by atoms with Crippen LogP contribution in [-0.2, 0) is 11.3 Å². The Kier molecular flexibility index (Phi) is 3.74. The fraction of sp³-hybridized carbons (Fsp3) is 0.562. The normalized spacial score (nSPS) is 16.6. The van der Waals surface area contributed by atoms with Crippen LogP contribution >= 0.6 is 0 Å². The van der Waals surface area contributed by atoms with E-state index in [1.54, 1.807) is 17.2 Å². The zero-order chi connectivity index (χ0) is 15.8. The fourth-order valence-corrected chi connectivity index (χ4v) is 3.42. The highest BCUT2D eigenvalue weighted by Crippen LogP contribution is 2.26. The number of hydrogen-bond donors (Lipinski definition) is 0. The maximum absolute atomic E-state index is 5.41. The minimum Gasteiger partial charge on any atom is -0.379 e. The van der Waals surface area contributed by atoms with Crippen molar-refractivity contribution in [3.63, 3.8) is 0 Å². The first-order valence-electron chi connectivity index (χ1n) is 8.19. The van der Waals surface area contributed by atoms with Crippen LogP contribution in [0.25, 0.3) is 16.7 Å². The van der Waals surface area contributed by atoms with Gasteiger partial charge in [0.2, 0.25) is 0 Å². The molecule has 122 valence electrons. The molecule has 0 aliphatic carbocycles. The second kappa shape index (κ2) is 5.90. The molecule has 0 bridgehead atoms. The summed E-state index contributed by atoms with van der Waals surface area (Å²) >= 11 is 0. The van der Waals surface area contributed by atoms with Crippen LogP contribution in [0.3, 0.4) is 0 Å². The molecule has 7 nitrogen and oxygen atoms in total. The molecule has 23 heavy (non-hydrogen) atoms. The van der Waals surface area contributed by atoms with Crippen molar-refractivity contribution in [3.8, 4) is 0 Å². The quantitative estimate of drug-likeness (QED) is 0.729. The summed E-state index contributed by atoms with van der Waals surface area (Å²) in [6.07, 6.45) is 4.45. The number of aromatic nitrogens is 5. The first kappa shape index (κ1) is 14.6. The van der Waals surface area contributed by atoms with Crippen LogP contribution in [-0.4, -0.2) is 61.9 Å². The second-order valence-corrected chi connectivity index (χ2v) is 6.14. The highest BCUT2D eigenvalue weighted by Gasteiger charge is 2.17. The molecule has 4 heterocycles. The predicted molar refractivity (Wildman–Crippen MR) is 87.6 cm³/mol. The number of morpholine rings is 1. The van der Waals surface area contributed by atoms with Crippen LogP contribution in [0.5, 0.6) is 0 Å². The highest BCUT2D eigenvalue weighted by molar-refractivity contribution is 5.93. The zero-order valence-electron chi connectivity index (χ0n) is 13.7. The molecule has 0 aromatic carbocycles. The SMILES string of the molecule is Cc1c(C)n(CCCN2CCOCC2)c2ncn3ncnc3c12. The maximum atomic E-state index is 5.41. The minimum atomic E-state index is 0.858. The van der Waals surface area contributed by atoms with Gasteiger partial charge in [-0.1, -0.05) is 0 Å². The molecule has 0 saturated carbocycles. The lowest BCUT2D eigenvalue weighted by Crippen LogP contribution is -2.37. The van der Waals surface area contributed by atoms with Crippen molar-refractivity contribution in [1.82, 2.24) is 29.0 Å². The van der Waals surface area contributed by atoms with Crippen LogP contribution in [0.15, 0.2) is 12.7 Å². The summed E-state index contributed by atoms with van der Waals surface area (Å²) < 4.78 is 9.47. The lowest BCUT2D eigenvalue weighted by molar-refractivity contribution is 0.0369. The number of hydrogen-bond acceptors (Lipinski definition) is 5. The van der Waals surface area contributed by atoms with E-state index in [-0.39, 0.29) is 0 Å². The lowest BCUT2D eigenvalue weighted by Gasteiger charge is -2.26. The number of rotatable bonds is 4. The largest absolute Gasteiger partial charge is 0.379 e. The van der Waals surface area contributed by atoms with E-state index < -0.39 is 0 Å². The molecular formula is C16H22N6O. The van der Waals surface area contributed by atoms with E-state index in [0.29, 0.717) is 0 Å². The average molecular weight is 314 g/mol.